The summed E-state index contributed by atoms with van der Waals surface area (Å²) in [6.07, 6.45) is -4.30. The molecule has 6 nitrogen and oxygen atoms in total. The number of hydrogen-bond acceptors (Lipinski definition) is 3. The summed E-state index contributed by atoms with van der Waals surface area (Å²) in [7, 11) is 0. The summed E-state index contributed by atoms with van der Waals surface area (Å²) < 4.78 is 37.7. The van der Waals surface area contributed by atoms with Crippen molar-refractivity contribution < 1.29 is 18.0 Å². The third-order valence-electron chi connectivity index (χ3n) is 3.25. The van der Waals surface area contributed by atoms with Gasteiger partial charge in [-0.05, 0) is 29.6 Å². The molecule has 0 saturated carbocycles. The van der Waals surface area contributed by atoms with Gasteiger partial charge in [-0.3, -0.25) is 4.79 Å². The van der Waals surface area contributed by atoms with Gasteiger partial charge in [0.2, 0.25) is 5.91 Å². The predicted octanol–water partition coefficient (Wildman–Crippen LogP) is 2.95. The van der Waals surface area contributed by atoms with Crippen molar-refractivity contribution >= 4 is 17.3 Å². The number of benzene rings is 1. The molecule has 1 fully saturated rings. The van der Waals surface area contributed by atoms with E-state index >= 15 is 0 Å². The van der Waals surface area contributed by atoms with Crippen molar-refractivity contribution in [2.24, 2.45) is 11.0 Å². The molecular weight excluding hydrogens is 287 g/mol. The number of nitrogens with zero attached hydrogens (tertiary/aromatic N) is 4. The zero-order chi connectivity index (χ0) is 15.6. The topological polar surface area (TPSA) is 95.1 Å². The van der Waals surface area contributed by atoms with Gasteiger partial charge in [0, 0.05) is 24.4 Å². The first-order valence-corrected chi connectivity index (χ1v) is 6.11. The number of nitrogen functional groups attached to an aromatic ring is 1. The van der Waals surface area contributed by atoms with Gasteiger partial charge in [-0.15, -0.1) is 0 Å². The molecule has 1 aliphatic heterocycles. The highest BCUT2D eigenvalue weighted by atomic mass is 19.4. The Hall–Kier alpha value is -2.41. The lowest BCUT2D eigenvalue weighted by molar-refractivity contribution is -0.137. The Kier molecular flexibility index (Phi) is 3.95. The second-order valence-electron chi connectivity index (χ2n) is 4.76. The monoisotopic (exact) mass is 299 g/mol. The fraction of sp³-hybridized carbons (Fsp3) is 0.417. The van der Waals surface area contributed by atoms with E-state index in [-0.39, 0.29) is 42.7 Å². The summed E-state index contributed by atoms with van der Waals surface area (Å²) in [6.45, 7) is 0.437. The lowest BCUT2D eigenvalue weighted by Gasteiger charge is -2.19. The van der Waals surface area contributed by atoms with Crippen LogP contribution in [0.1, 0.15) is 12.0 Å². The van der Waals surface area contributed by atoms with Crippen LogP contribution in [-0.2, 0) is 11.0 Å². The van der Waals surface area contributed by atoms with Crippen molar-refractivity contribution in [3.8, 4) is 0 Å². The van der Waals surface area contributed by atoms with E-state index in [2.05, 4.69) is 10.0 Å². The molecule has 112 valence electrons. The van der Waals surface area contributed by atoms with Gasteiger partial charge in [-0.1, -0.05) is 5.11 Å². The molecule has 0 aromatic heterocycles. The number of alkyl halides is 3. The molecule has 21 heavy (non-hydrogen) atoms. The Labute approximate surface area is 118 Å². The lowest BCUT2D eigenvalue weighted by atomic mass is 10.1. The van der Waals surface area contributed by atoms with Gasteiger partial charge in [0.1, 0.15) is 0 Å². The second kappa shape index (κ2) is 5.53. The van der Waals surface area contributed by atoms with Crippen molar-refractivity contribution in [2.45, 2.75) is 12.6 Å². The second-order valence-corrected chi connectivity index (χ2v) is 4.76. The van der Waals surface area contributed by atoms with Gasteiger partial charge in [-0.2, -0.15) is 13.2 Å². The molecule has 0 bridgehead atoms. The minimum Gasteiger partial charge on any atom is -0.397 e. The summed E-state index contributed by atoms with van der Waals surface area (Å²) in [5, 5.41) is 3.41. The van der Waals surface area contributed by atoms with Crippen molar-refractivity contribution in [3.63, 3.8) is 0 Å². The fourth-order valence-electron chi connectivity index (χ4n) is 2.27. The summed E-state index contributed by atoms with van der Waals surface area (Å²) in [5.41, 5.74) is 13.2. The highest BCUT2D eigenvalue weighted by molar-refractivity contribution is 5.98. The Morgan fingerprint density at radius 3 is 2.76 bits per heavy atom. The quantitative estimate of drug-likeness (QED) is 0.402. The summed E-state index contributed by atoms with van der Waals surface area (Å²) in [5.74, 6) is -0.408. The van der Waals surface area contributed by atoms with E-state index in [9.17, 15) is 18.0 Å². The molecule has 0 spiro atoms. The van der Waals surface area contributed by atoms with E-state index in [0.29, 0.717) is 0 Å². The van der Waals surface area contributed by atoms with Gasteiger partial charge >= 0.3 is 6.18 Å². The largest absolute Gasteiger partial charge is 0.416 e. The van der Waals surface area contributed by atoms with E-state index < -0.39 is 11.7 Å². The van der Waals surface area contributed by atoms with Crippen LogP contribution < -0.4 is 10.6 Å². The number of amides is 1. The molecule has 0 radical (unpaired) electrons. The molecule has 1 aromatic carbocycles. The number of anilines is 2. The van der Waals surface area contributed by atoms with E-state index in [0.717, 1.165) is 12.1 Å². The van der Waals surface area contributed by atoms with Gasteiger partial charge < -0.3 is 10.6 Å². The van der Waals surface area contributed by atoms with Gasteiger partial charge in [-0.25, -0.2) is 0 Å². The molecule has 1 aromatic rings. The number of azide groups is 1. The molecule has 1 heterocycles. The molecule has 9 heteroatoms. The van der Waals surface area contributed by atoms with Crippen LogP contribution in [0.25, 0.3) is 10.4 Å². The number of hydrogen-bond donors (Lipinski definition) is 1. The van der Waals surface area contributed by atoms with Crippen molar-refractivity contribution in [2.75, 3.05) is 23.7 Å². The van der Waals surface area contributed by atoms with Gasteiger partial charge in [0.05, 0.1) is 16.9 Å². The number of carbonyl (C=O) groups is 1. The molecule has 1 aliphatic rings. The maximum atomic E-state index is 12.6. The van der Waals surface area contributed by atoms with Crippen LogP contribution in [0.5, 0.6) is 0 Å². The normalized spacial score (nSPS) is 18.7. The van der Waals surface area contributed by atoms with Crippen molar-refractivity contribution in [1.29, 1.82) is 0 Å². The maximum Gasteiger partial charge on any atom is 0.416 e. The van der Waals surface area contributed by atoms with E-state index in [1.807, 2.05) is 0 Å². The molecule has 0 aliphatic carbocycles. The molecule has 2 N–H and O–H groups in total. The van der Waals surface area contributed by atoms with Crippen LogP contribution in [0.2, 0.25) is 0 Å². The number of nitrogens with two attached hydrogens (primary N) is 1. The maximum absolute atomic E-state index is 12.6. The molecule has 1 amide bonds. The Bertz CT molecular complexity index is 609. The minimum atomic E-state index is -4.48. The first kappa shape index (κ1) is 15.0. The van der Waals surface area contributed by atoms with Crippen LogP contribution in [0.4, 0.5) is 24.5 Å². The highest BCUT2D eigenvalue weighted by Crippen LogP contribution is 2.36. The third-order valence-corrected chi connectivity index (χ3v) is 3.25. The average Bonchev–Trinajstić information content (AvgIpc) is 2.76. The predicted molar refractivity (Wildman–Crippen MR) is 70.3 cm³/mol. The Morgan fingerprint density at radius 1 is 1.48 bits per heavy atom. The summed E-state index contributed by atoms with van der Waals surface area (Å²) >= 11 is 0. The molecule has 1 unspecified atom stereocenters. The molecule has 1 atom stereocenters. The molecule has 2 rings (SSSR count). The van der Waals surface area contributed by atoms with Crippen LogP contribution in [0.15, 0.2) is 23.3 Å². The zero-order valence-corrected chi connectivity index (χ0v) is 10.8. The average molecular weight is 299 g/mol. The van der Waals surface area contributed by atoms with Gasteiger partial charge in [0.25, 0.3) is 0 Å². The van der Waals surface area contributed by atoms with Crippen LogP contribution in [0, 0.1) is 5.92 Å². The lowest BCUT2D eigenvalue weighted by Crippen LogP contribution is -2.26. The van der Waals surface area contributed by atoms with Crippen LogP contribution >= 0.6 is 0 Å². The van der Waals surface area contributed by atoms with Crippen molar-refractivity contribution in [1.82, 2.24) is 0 Å². The third kappa shape index (κ3) is 3.19. The molecule has 1 saturated heterocycles. The zero-order valence-electron chi connectivity index (χ0n) is 10.8. The number of carbonyl (C=O) groups excluding carboxylic acids is 1. The van der Waals surface area contributed by atoms with Gasteiger partial charge in [0.15, 0.2) is 0 Å². The fourth-order valence-corrected chi connectivity index (χ4v) is 2.27. The number of rotatable bonds is 3. The smallest absolute Gasteiger partial charge is 0.397 e. The first-order chi connectivity index (χ1) is 9.82. The minimum absolute atomic E-state index is 0.109. The molecular formula is C12H12F3N5O. The Balaban J connectivity index is 2.23. The first-order valence-electron chi connectivity index (χ1n) is 6.11. The Morgan fingerprint density at radius 2 is 2.19 bits per heavy atom. The standard InChI is InChI=1S/C12H12F3N5O/c13-12(14,15)8-1-2-10(9(16)4-8)20-6-7(3-11(20)21)5-18-19-17/h1-2,4,7H,3,5-6,16H2. The SMILES string of the molecule is [N-]=[N+]=NCC1CC(=O)N(c2ccc(C(F)(F)F)cc2N)C1. The van der Waals surface area contributed by atoms with E-state index in [4.69, 9.17) is 11.3 Å². The van der Waals surface area contributed by atoms with E-state index in [1.165, 1.54) is 11.0 Å². The number of halogens is 3. The summed E-state index contributed by atoms with van der Waals surface area (Å²) in [6, 6.07) is 2.88. The van der Waals surface area contributed by atoms with E-state index in [1.54, 1.807) is 0 Å². The summed E-state index contributed by atoms with van der Waals surface area (Å²) in [4.78, 5) is 15.8. The van der Waals surface area contributed by atoms with Crippen LogP contribution in [-0.4, -0.2) is 19.0 Å². The van der Waals surface area contributed by atoms with Crippen LogP contribution in [0.3, 0.4) is 0 Å². The highest BCUT2D eigenvalue weighted by Gasteiger charge is 2.34. The van der Waals surface area contributed by atoms with Crippen molar-refractivity contribution in [3.05, 3.63) is 34.2 Å².